The van der Waals surface area contributed by atoms with Gasteiger partial charge in [-0.2, -0.15) is 0 Å². The van der Waals surface area contributed by atoms with Crippen LogP contribution >= 0.6 is 22.9 Å². The Morgan fingerprint density at radius 2 is 2.28 bits per heavy atom. The molecule has 0 atom stereocenters. The highest BCUT2D eigenvalue weighted by Crippen LogP contribution is 2.35. The molecular formula is C14H15ClN2S. The van der Waals surface area contributed by atoms with Gasteiger partial charge in [-0.25, -0.2) is 0 Å². The molecule has 4 heteroatoms. The van der Waals surface area contributed by atoms with Gasteiger partial charge in [-0.05, 0) is 35.9 Å². The number of pyridine rings is 1. The number of rotatable bonds is 5. The van der Waals surface area contributed by atoms with E-state index in [4.69, 9.17) is 11.6 Å². The lowest BCUT2D eigenvalue weighted by Gasteiger charge is -2.25. The zero-order valence-electron chi connectivity index (χ0n) is 10.1. The van der Waals surface area contributed by atoms with Crippen molar-refractivity contribution in [3.05, 3.63) is 46.4 Å². The number of hydrogen-bond acceptors (Lipinski definition) is 3. The molecule has 0 radical (unpaired) electrons. The first-order valence-corrected chi connectivity index (χ1v) is 7.58. The van der Waals surface area contributed by atoms with Crippen LogP contribution in [0.25, 0.3) is 0 Å². The lowest BCUT2D eigenvalue weighted by atomic mass is 10.2. The minimum absolute atomic E-state index is 0.547. The zero-order chi connectivity index (χ0) is 12.4. The quantitative estimate of drug-likeness (QED) is 0.767. The molecule has 94 valence electrons. The number of thiophene rings is 1. The first-order chi connectivity index (χ1) is 8.88. The van der Waals surface area contributed by atoms with Gasteiger partial charge >= 0.3 is 0 Å². The third-order valence-corrected chi connectivity index (χ3v) is 4.38. The van der Waals surface area contributed by atoms with Gasteiger partial charge in [0.05, 0.1) is 18.4 Å². The number of aromatic nitrogens is 1. The van der Waals surface area contributed by atoms with Gasteiger partial charge in [0.2, 0.25) is 0 Å². The summed E-state index contributed by atoms with van der Waals surface area (Å²) >= 11 is 7.84. The molecule has 1 aliphatic carbocycles. The highest BCUT2D eigenvalue weighted by molar-refractivity contribution is 7.09. The van der Waals surface area contributed by atoms with E-state index in [1.807, 2.05) is 29.8 Å². The van der Waals surface area contributed by atoms with Gasteiger partial charge in [0.25, 0.3) is 0 Å². The van der Waals surface area contributed by atoms with Crippen LogP contribution in [-0.2, 0) is 12.4 Å². The number of halogens is 1. The van der Waals surface area contributed by atoms with Crippen molar-refractivity contribution in [1.82, 2.24) is 4.98 Å². The third-order valence-electron chi connectivity index (χ3n) is 3.23. The van der Waals surface area contributed by atoms with E-state index in [2.05, 4.69) is 27.4 Å². The number of hydrogen-bond donors (Lipinski definition) is 0. The number of nitrogens with zero attached hydrogens (tertiary/aromatic N) is 2. The Labute approximate surface area is 116 Å². The molecule has 2 aromatic rings. The van der Waals surface area contributed by atoms with Crippen molar-refractivity contribution in [2.24, 2.45) is 0 Å². The van der Waals surface area contributed by atoms with Crippen LogP contribution in [0.2, 0.25) is 0 Å². The Balaban J connectivity index is 1.89. The minimum atomic E-state index is 0.547. The van der Waals surface area contributed by atoms with E-state index in [1.54, 1.807) is 0 Å². The Kier molecular flexibility index (Phi) is 3.52. The molecule has 2 nitrogen and oxygen atoms in total. The summed E-state index contributed by atoms with van der Waals surface area (Å²) < 4.78 is 0. The van der Waals surface area contributed by atoms with E-state index in [9.17, 15) is 0 Å². The van der Waals surface area contributed by atoms with Crippen LogP contribution in [0.4, 0.5) is 5.69 Å². The van der Waals surface area contributed by atoms with Crippen LogP contribution in [0.5, 0.6) is 0 Å². The van der Waals surface area contributed by atoms with E-state index >= 15 is 0 Å². The first-order valence-electron chi connectivity index (χ1n) is 6.16. The first kappa shape index (κ1) is 12.0. The second kappa shape index (κ2) is 5.29. The van der Waals surface area contributed by atoms with Gasteiger partial charge in [0, 0.05) is 23.0 Å². The van der Waals surface area contributed by atoms with Crippen LogP contribution in [0.15, 0.2) is 36.0 Å². The van der Waals surface area contributed by atoms with E-state index in [-0.39, 0.29) is 0 Å². The summed E-state index contributed by atoms with van der Waals surface area (Å²) in [5, 5.41) is 2.13. The molecule has 0 aromatic carbocycles. The van der Waals surface area contributed by atoms with Gasteiger partial charge in [0.15, 0.2) is 0 Å². The van der Waals surface area contributed by atoms with Crippen molar-refractivity contribution >= 4 is 28.6 Å². The molecule has 18 heavy (non-hydrogen) atoms. The van der Waals surface area contributed by atoms with Gasteiger partial charge in [-0.1, -0.05) is 6.07 Å². The van der Waals surface area contributed by atoms with Gasteiger partial charge in [0.1, 0.15) is 0 Å². The zero-order valence-corrected chi connectivity index (χ0v) is 11.6. The van der Waals surface area contributed by atoms with E-state index in [1.165, 1.54) is 29.0 Å². The molecule has 0 bridgehead atoms. The lowest BCUT2D eigenvalue weighted by molar-refractivity contribution is 0.796. The second-order valence-electron chi connectivity index (χ2n) is 4.58. The van der Waals surface area contributed by atoms with Gasteiger partial charge in [-0.15, -0.1) is 22.9 Å². The van der Waals surface area contributed by atoms with Gasteiger partial charge in [-0.3, -0.25) is 4.98 Å². The molecule has 0 unspecified atom stereocenters. The summed E-state index contributed by atoms with van der Waals surface area (Å²) in [6.07, 6.45) is 6.32. The van der Waals surface area contributed by atoms with Crippen molar-refractivity contribution in [1.29, 1.82) is 0 Å². The lowest BCUT2D eigenvalue weighted by Crippen LogP contribution is -2.25. The van der Waals surface area contributed by atoms with Crippen LogP contribution < -0.4 is 4.90 Å². The minimum Gasteiger partial charge on any atom is -0.362 e. The van der Waals surface area contributed by atoms with Crippen LogP contribution in [-0.4, -0.2) is 11.0 Å². The van der Waals surface area contributed by atoms with Crippen molar-refractivity contribution < 1.29 is 0 Å². The normalized spacial score (nSPS) is 14.7. The highest BCUT2D eigenvalue weighted by Gasteiger charge is 2.30. The Morgan fingerprint density at radius 3 is 2.94 bits per heavy atom. The predicted octanol–water partition coefficient (Wildman–Crippen LogP) is 4.05. The number of alkyl halides is 1. The highest BCUT2D eigenvalue weighted by atomic mass is 35.5. The van der Waals surface area contributed by atoms with E-state index in [0.29, 0.717) is 11.9 Å². The molecule has 0 N–H and O–H groups in total. The maximum atomic E-state index is 6.03. The second-order valence-corrected chi connectivity index (χ2v) is 5.88. The molecule has 0 amide bonds. The van der Waals surface area contributed by atoms with Crippen molar-refractivity contribution in [2.45, 2.75) is 31.3 Å². The standard InChI is InChI=1S/C14H15ClN2S/c15-8-11-5-6-16-9-14(11)17(12-3-4-12)10-13-2-1-7-18-13/h1-2,5-7,9,12H,3-4,8,10H2. The van der Waals surface area contributed by atoms with E-state index in [0.717, 1.165) is 6.54 Å². The summed E-state index contributed by atoms with van der Waals surface area (Å²) in [6.45, 7) is 0.970. The summed E-state index contributed by atoms with van der Waals surface area (Å²) in [5.41, 5.74) is 2.37. The molecule has 3 rings (SSSR count). The summed E-state index contributed by atoms with van der Waals surface area (Å²) in [6, 6.07) is 6.98. The topological polar surface area (TPSA) is 16.1 Å². The third kappa shape index (κ3) is 2.52. The molecule has 0 saturated heterocycles. The van der Waals surface area contributed by atoms with Crippen LogP contribution in [0, 0.1) is 0 Å². The number of anilines is 1. The SMILES string of the molecule is ClCc1ccncc1N(Cc1cccs1)C1CC1. The average Bonchev–Trinajstić information content (AvgIpc) is 3.13. The summed E-state index contributed by atoms with van der Waals surface area (Å²) in [4.78, 5) is 8.11. The molecule has 2 aromatic heterocycles. The maximum Gasteiger partial charge on any atom is 0.0603 e. The Hall–Kier alpha value is -1.06. The van der Waals surface area contributed by atoms with Crippen molar-refractivity contribution in [2.75, 3.05) is 4.90 Å². The predicted molar refractivity (Wildman–Crippen MR) is 77.3 cm³/mol. The van der Waals surface area contributed by atoms with Crippen LogP contribution in [0.1, 0.15) is 23.3 Å². The molecule has 1 aliphatic rings. The van der Waals surface area contributed by atoms with Gasteiger partial charge < -0.3 is 4.90 Å². The molecule has 1 fully saturated rings. The average molecular weight is 279 g/mol. The molecule has 1 saturated carbocycles. The smallest absolute Gasteiger partial charge is 0.0603 e. The Morgan fingerprint density at radius 1 is 1.39 bits per heavy atom. The fourth-order valence-corrected chi connectivity index (χ4v) is 3.08. The largest absolute Gasteiger partial charge is 0.362 e. The fraction of sp³-hybridized carbons (Fsp3) is 0.357. The summed E-state index contributed by atoms with van der Waals surface area (Å²) in [5.74, 6) is 0.547. The summed E-state index contributed by atoms with van der Waals surface area (Å²) in [7, 11) is 0. The maximum absolute atomic E-state index is 6.03. The van der Waals surface area contributed by atoms with E-state index < -0.39 is 0 Å². The van der Waals surface area contributed by atoms with Crippen LogP contribution in [0.3, 0.4) is 0 Å². The molecule has 0 spiro atoms. The Bertz CT molecular complexity index is 508. The molecule has 0 aliphatic heterocycles. The van der Waals surface area contributed by atoms with Crippen molar-refractivity contribution in [3.8, 4) is 0 Å². The molecular weight excluding hydrogens is 264 g/mol. The molecule has 2 heterocycles. The van der Waals surface area contributed by atoms with Crippen molar-refractivity contribution in [3.63, 3.8) is 0 Å². The monoisotopic (exact) mass is 278 g/mol. The fourth-order valence-electron chi connectivity index (χ4n) is 2.15.